The van der Waals surface area contributed by atoms with Gasteiger partial charge in [0.2, 0.25) is 0 Å². The van der Waals surface area contributed by atoms with Crippen LogP contribution >= 0.6 is 11.6 Å². The minimum absolute atomic E-state index is 0.139. The molecule has 1 atom stereocenters. The van der Waals surface area contributed by atoms with Crippen LogP contribution in [0, 0.1) is 13.8 Å². The van der Waals surface area contributed by atoms with Crippen LogP contribution in [-0.2, 0) is 0 Å². The Bertz CT molecular complexity index is 540. The minimum atomic E-state index is 0.139. The van der Waals surface area contributed by atoms with Crippen LogP contribution in [0.1, 0.15) is 29.9 Å². The van der Waals surface area contributed by atoms with E-state index >= 15 is 0 Å². The molecule has 0 amide bonds. The molecule has 1 aromatic heterocycles. The van der Waals surface area contributed by atoms with Gasteiger partial charge in [0.15, 0.2) is 11.0 Å². The van der Waals surface area contributed by atoms with Gasteiger partial charge in [0.05, 0.1) is 17.4 Å². The SMILES string of the molecule is Cc1nc(Cl)c(NC(C)c2ccccc2)nc1C. The van der Waals surface area contributed by atoms with E-state index in [2.05, 4.69) is 34.3 Å². The van der Waals surface area contributed by atoms with Gasteiger partial charge in [-0.25, -0.2) is 9.97 Å². The maximum atomic E-state index is 6.10. The first-order valence-electron chi connectivity index (χ1n) is 5.90. The number of aryl methyl sites for hydroxylation is 2. The first-order chi connectivity index (χ1) is 8.58. The highest BCUT2D eigenvalue weighted by Crippen LogP contribution is 2.23. The Morgan fingerprint density at radius 3 is 2.33 bits per heavy atom. The number of hydrogen-bond acceptors (Lipinski definition) is 3. The zero-order valence-electron chi connectivity index (χ0n) is 10.7. The van der Waals surface area contributed by atoms with Gasteiger partial charge in [-0.3, -0.25) is 0 Å². The lowest BCUT2D eigenvalue weighted by atomic mass is 10.1. The summed E-state index contributed by atoms with van der Waals surface area (Å²) in [7, 11) is 0. The van der Waals surface area contributed by atoms with E-state index in [-0.39, 0.29) is 6.04 Å². The lowest BCUT2D eigenvalue weighted by molar-refractivity contribution is 0.865. The molecule has 0 spiro atoms. The number of rotatable bonds is 3. The predicted molar refractivity (Wildman–Crippen MR) is 75.0 cm³/mol. The number of halogens is 1. The van der Waals surface area contributed by atoms with Crippen LogP contribution < -0.4 is 5.32 Å². The quantitative estimate of drug-likeness (QED) is 0.910. The molecule has 2 rings (SSSR count). The molecule has 94 valence electrons. The van der Waals surface area contributed by atoms with Crippen molar-refractivity contribution in [3.8, 4) is 0 Å². The molecule has 1 heterocycles. The van der Waals surface area contributed by atoms with Crippen molar-refractivity contribution >= 4 is 17.4 Å². The van der Waals surface area contributed by atoms with Gasteiger partial charge in [0, 0.05) is 0 Å². The molecule has 0 aliphatic heterocycles. The normalized spacial score (nSPS) is 12.2. The summed E-state index contributed by atoms with van der Waals surface area (Å²) in [6.45, 7) is 5.90. The molecule has 1 unspecified atom stereocenters. The van der Waals surface area contributed by atoms with Crippen LogP contribution in [0.25, 0.3) is 0 Å². The standard InChI is InChI=1S/C14H16ClN3/c1-9-10(2)17-14(13(15)16-9)18-11(3)12-7-5-4-6-8-12/h4-8,11H,1-3H3,(H,17,18). The number of nitrogens with zero attached hydrogens (tertiary/aromatic N) is 2. The highest BCUT2D eigenvalue weighted by atomic mass is 35.5. The Labute approximate surface area is 112 Å². The molecule has 0 saturated carbocycles. The van der Waals surface area contributed by atoms with Gasteiger partial charge in [-0.15, -0.1) is 0 Å². The second-order valence-corrected chi connectivity index (χ2v) is 4.67. The fraction of sp³-hybridized carbons (Fsp3) is 0.286. The molecule has 0 aliphatic carbocycles. The fourth-order valence-electron chi connectivity index (χ4n) is 1.70. The van der Waals surface area contributed by atoms with E-state index in [1.807, 2.05) is 32.0 Å². The summed E-state index contributed by atoms with van der Waals surface area (Å²) in [5, 5.41) is 3.71. The molecule has 0 bridgehead atoms. The van der Waals surface area contributed by atoms with E-state index in [0.29, 0.717) is 11.0 Å². The van der Waals surface area contributed by atoms with Gasteiger partial charge in [-0.2, -0.15) is 0 Å². The van der Waals surface area contributed by atoms with Crippen molar-refractivity contribution in [2.75, 3.05) is 5.32 Å². The molecule has 1 N–H and O–H groups in total. The highest BCUT2D eigenvalue weighted by Gasteiger charge is 2.11. The van der Waals surface area contributed by atoms with Crippen molar-refractivity contribution in [2.45, 2.75) is 26.8 Å². The topological polar surface area (TPSA) is 37.8 Å². The molecule has 2 aromatic rings. The van der Waals surface area contributed by atoms with Crippen LogP contribution in [0.5, 0.6) is 0 Å². The minimum Gasteiger partial charge on any atom is -0.361 e. The van der Waals surface area contributed by atoms with Crippen LogP contribution in [0.15, 0.2) is 30.3 Å². The smallest absolute Gasteiger partial charge is 0.171 e. The summed E-state index contributed by atoms with van der Waals surface area (Å²) in [5.74, 6) is 0.635. The Kier molecular flexibility index (Phi) is 3.82. The van der Waals surface area contributed by atoms with Crippen LogP contribution in [0.2, 0.25) is 5.15 Å². The third-order valence-electron chi connectivity index (χ3n) is 2.92. The van der Waals surface area contributed by atoms with Gasteiger partial charge in [-0.1, -0.05) is 41.9 Å². The second kappa shape index (κ2) is 5.36. The Hall–Kier alpha value is -1.61. The van der Waals surface area contributed by atoms with Gasteiger partial charge < -0.3 is 5.32 Å². The number of anilines is 1. The summed E-state index contributed by atoms with van der Waals surface area (Å²) < 4.78 is 0. The zero-order chi connectivity index (χ0) is 13.1. The average molecular weight is 262 g/mol. The van der Waals surface area contributed by atoms with Crippen LogP contribution in [0.4, 0.5) is 5.82 Å². The highest BCUT2D eigenvalue weighted by molar-refractivity contribution is 6.31. The van der Waals surface area contributed by atoms with Crippen LogP contribution in [0.3, 0.4) is 0 Å². The number of aromatic nitrogens is 2. The van der Waals surface area contributed by atoms with E-state index in [1.165, 1.54) is 5.56 Å². The van der Waals surface area contributed by atoms with E-state index < -0.39 is 0 Å². The second-order valence-electron chi connectivity index (χ2n) is 4.31. The lowest BCUT2D eigenvalue weighted by Crippen LogP contribution is -2.10. The third kappa shape index (κ3) is 2.79. The van der Waals surface area contributed by atoms with Gasteiger partial charge in [0.25, 0.3) is 0 Å². The maximum Gasteiger partial charge on any atom is 0.171 e. The molecule has 0 fully saturated rings. The summed E-state index contributed by atoms with van der Waals surface area (Å²) in [6, 6.07) is 10.3. The van der Waals surface area contributed by atoms with Crippen molar-refractivity contribution in [3.05, 3.63) is 52.4 Å². The van der Waals surface area contributed by atoms with Gasteiger partial charge in [0.1, 0.15) is 0 Å². The summed E-state index contributed by atoms with van der Waals surface area (Å²) in [4.78, 5) is 8.69. The van der Waals surface area contributed by atoms with Crippen molar-refractivity contribution in [1.29, 1.82) is 0 Å². The molecule has 18 heavy (non-hydrogen) atoms. The monoisotopic (exact) mass is 261 g/mol. The lowest BCUT2D eigenvalue weighted by Gasteiger charge is -2.16. The first-order valence-corrected chi connectivity index (χ1v) is 6.28. The zero-order valence-corrected chi connectivity index (χ0v) is 11.5. The third-order valence-corrected chi connectivity index (χ3v) is 3.18. The Morgan fingerprint density at radius 2 is 1.67 bits per heavy atom. The Morgan fingerprint density at radius 1 is 1.06 bits per heavy atom. The van der Waals surface area contributed by atoms with Gasteiger partial charge >= 0.3 is 0 Å². The predicted octanol–water partition coefficient (Wildman–Crippen LogP) is 3.92. The molecular formula is C14H16ClN3. The van der Waals surface area contributed by atoms with E-state index in [0.717, 1.165) is 11.4 Å². The Balaban J connectivity index is 2.22. The van der Waals surface area contributed by atoms with Gasteiger partial charge in [-0.05, 0) is 26.3 Å². The summed E-state index contributed by atoms with van der Waals surface area (Å²) in [5.41, 5.74) is 2.94. The van der Waals surface area contributed by atoms with E-state index in [1.54, 1.807) is 0 Å². The summed E-state index contributed by atoms with van der Waals surface area (Å²) >= 11 is 6.10. The molecule has 4 heteroatoms. The number of hydrogen-bond donors (Lipinski definition) is 1. The van der Waals surface area contributed by atoms with E-state index in [4.69, 9.17) is 11.6 Å². The molecule has 3 nitrogen and oxygen atoms in total. The number of nitrogens with one attached hydrogen (secondary N) is 1. The van der Waals surface area contributed by atoms with Crippen LogP contribution in [-0.4, -0.2) is 9.97 Å². The maximum absolute atomic E-state index is 6.10. The molecule has 0 radical (unpaired) electrons. The largest absolute Gasteiger partial charge is 0.361 e. The van der Waals surface area contributed by atoms with Crippen molar-refractivity contribution in [3.63, 3.8) is 0 Å². The average Bonchev–Trinajstić information content (AvgIpc) is 2.37. The summed E-state index contributed by atoms with van der Waals surface area (Å²) in [6.07, 6.45) is 0. The molecule has 0 aliphatic rings. The van der Waals surface area contributed by atoms with Crippen molar-refractivity contribution < 1.29 is 0 Å². The van der Waals surface area contributed by atoms with Crippen molar-refractivity contribution in [1.82, 2.24) is 9.97 Å². The fourth-order valence-corrected chi connectivity index (χ4v) is 1.92. The molecule has 0 saturated heterocycles. The van der Waals surface area contributed by atoms with E-state index in [9.17, 15) is 0 Å². The first kappa shape index (κ1) is 12.8. The number of benzene rings is 1. The molecular weight excluding hydrogens is 246 g/mol. The molecule has 1 aromatic carbocycles. The van der Waals surface area contributed by atoms with Crippen molar-refractivity contribution in [2.24, 2.45) is 0 Å².